The van der Waals surface area contributed by atoms with E-state index < -0.39 is 0 Å². The molecule has 2 saturated heterocycles. The van der Waals surface area contributed by atoms with Gasteiger partial charge in [0.05, 0.1) is 12.2 Å². The Bertz CT molecular complexity index is 619. The highest BCUT2D eigenvalue weighted by molar-refractivity contribution is 6.04. The van der Waals surface area contributed by atoms with Crippen molar-refractivity contribution in [2.45, 2.75) is 45.7 Å². The van der Waals surface area contributed by atoms with E-state index in [4.69, 9.17) is 4.42 Å². The molecule has 0 aliphatic carbocycles. The van der Waals surface area contributed by atoms with Gasteiger partial charge in [0.15, 0.2) is 0 Å². The largest absolute Gasteiger partial charge is 0.447 e. The van der Waals surface area contributed by atoms with Crippen LogP contribution in [0.2, 0.25) is 0 Å². The minimum Gasteiger partial charge on any atom is -0.447 e. The maximum Gasteiger partial charge on any atom is 0.327 e. The second-order valence-corrected chi connectivity index (χ2v) is 7.19. The summed E-state index contributed by atoms with van der Waals surface area (Å²) in [6.07, 6.45) is 1.70. The van der Waals surface area contributed by atoms with Gasteiger partial charge in [0, 0.05) is 31.6 Å². The van der Waals surface area contributed by atoms with Crippen LogP contribution in [0.15, 0.2) is 10.7 Å². The lowest BCUT2D eigenvalue weighted by atomic mass is 9.93. The maximum absolute atomic E-state index is 12.3. The van der Waals surface area contributed by atoms with Gasteiger partial charge in [-0.15, -0.1) is 0 Å². The Balaban J connectivity index is 1.67. The van der Waals surface area contributed by atoms with Gasteiger partial charge >= 0.3 is 6.03 Å². The number of aromatic nitrogens is 1. The third-order valence-corrected chi connectivity index (χ3v) is 4.49. The number of likely N-dealkylation sites (N-methyl/N-ethyl adjacent to an activating group) is 1. The summed E-state index contributed by atoms with van der Waals surface area (Å²) in [5.74, 6) is 0.567. The Morgan fingerprint density at radius 1 is 1.30 bits per heavy atom. The predicted molar refractivity (Wildman–Crippen MR) is 83.8 cm³/mol. The molecule has 1 atom stereocenters. The summed E-state index contributed by atoms with van der Waals surface area (Å²) in [7, 11) is 0. The molecule has 0 saturated carbocycles. The molecular weight excluding hydrogens is 296 g/mol. The Morgan fingerprint density at radius 3 is 2.65 bits per heavy atom. The second-order valence-electron chi connectivity index (χ2n) is 7.19. The van der Waals surface area contributed by atoms with Crippen LogP contribution >= 0.6 is 0 Å². The molecule has 23 heavy (non-hydrogen) atoms. The Kier molecular flexibility index (Phi) is 3.91. The quantitative estimate of drug-likeness (QED) is 0.788. The van der Waals surface area contributed by atoms with E-state index in [-0.39, 0.29) is 23.4 Å². The van der Waals surface area contributed by atoms with Crippen molar-refractivity contribution in [3.8, 4) is 0 Å². The van der Waals surface area contributed by atoms with E-state index in [0.29, 0.717) is 32.1 Å². The van der Waals surface area contributed by atoms with Crippen molar-refractivity contribution < 1.29 is 14.0 Å². The van der Waals surface area contributed by atoms with Gasteiger partial charge in [-0.2, -0.15) is 0 Å². The van der Waals surface area contributed by atoms with Crippen molar-refractivity contribution in [2.24, 2.45) is 0 Å². The molecule has 1 aromatic rings. The van der Waals surface area contributed by atoms with E-state index in [1.807, 2.05) is 6.92 Å². The SMILES string of the molecule is CCN1C(=O)C2CN(Cc3nc(C(C)(C)C)co3)CCN2C1=O. The normalized spacial score (nSPS) is 22.9. The van der Waals surface area contributed by atoms with Gasteiger partial charge in [-0.25, -0.2) is 9.78 Å². The van der Waals surface area contributed by atoms with Gasteiger partial charge < -0.3 is 9.32 Å². The summed E-state index contributed by atoms with van der Waals surface area (Å²) in [4.78, 5) is 34.1. The van der Waals surface area contributed by atoms with E-state index in [0.717, 1.165) is 12.2 Å². The third-order valence-electron chi connectivity index (χ3n) is 4.49. The fourth-order valence-corrected chi connectivity index (χ4v) is 3.06. The van der Waals surface area contributed by atoms with Gasteiger partial charge in [0.2, 0.25) is 5.89 Å². The minimum atomic E-state index is -0.367. The molecule has 2 fully saturated rings. The fourth-order valence-electron chi connectivity index (χ4n) is 3.06. The number of hydrogen-bond donors (Lipinski definition) is 0. The summed E-state index contributed by atoms with van der Waals surface area (Å²) in [6, 6.07) is -0.526. The Hall–Kier alpha value is -1.89. The monoisotopic (exact) mass is 320 g/mol. The number of imide groups is 1. The number of carbonyl (C=O) groups is 2. The predicted octanol–water partition coefficient (Wildman–Crippen LogP) is 1.44. The molecule has 0 aromatic carbocycles. The van der Waals surface area contributed by atoms with Crippen LogP contribution in [-0.4, -0.2) is 63.8 Å². The van der Waals surface area contributed by atoms with Crippen LogP contribution in [0, 0.1) is 0 Å². The van der Waals surface area contributed by atoms with Crippen LogP contribution in [0.5, 0.6) is 0 Å². The van der Waals surface area contributed by atoms with Crippen LogP contribution in [-0.2, 0) is 16.8 Å². The molecule has 3 heterocycles. The molecule has 2 aliphatic heterocycles. The van der Waals surface area contributed by atoms with Crippen LogP contribution in [0.1, 0.15) is 39.3 Å². The molecule has 7 nitrogen and oxygen atoms in total. The maximum atomic E-state index is 12.3. The molecule has 3 amide bonds. The molecule has 126 valence electrons. The summed E-state index contributed by atoms with van der Waals surface area (Å²) in [5.41, 5.74) is 0.881. The van der Waals surface area contributed by atoms with Crippen LogP contribution in [0.4, 0.5) is 4.79 Å². The first kappa shape index (κ1) is 16.0. The first-order valence-electron chi connectivity index (χ1n) is 8.10. The fraction of sp³-hybridized carbons (Fsp3) is 0.688. The zero-order valence-electron chi connectivity index (χ0n) is 14.2. The summed E-state index contributed by atoms with van der Waals surface area (Å²) < 4.78 is 5.57. The van der Waals surface area contributed by atoms with Crippen molar-refractivity contribution in [1.82, 2.24) is 19.7 Å². The van der Waals surface area contributed by atoms with Crippen molar-refractivity contribution in [1.29, 1.82) is 0 Å². The van der Waals surface area contributed by atoms with E-state index >= 15 is 0 Å². The number of fused-ring (bicyclic) bond motifs is 1. The van der Waals surface area contributed by atoms with Crippen molar-refractivity contribution in [3.63, 3.8) is 0 Å². The molecule has 0 spiro atoms. The summed E-state index contributed by atoms with van der Waals surface area (Å²) in [6.45, 7) is 10.9. The molecule has 1 unspecified atom stereocenters. The van der Waals surface area contributed by atoms with E-state index in [9.17, 15) is 9.59 Å². The highest BCUT2D eigenvalue weighted by atomic mass is 16.3. The van der Waals surface area contributed by atoms with Gasteiger partial charge in [-0.3, -0.25) is 14.6 Å². The number of nitrogens with zero attached hydrogens (tertiary/aromatic N) is 4. The molecule has 3 rings (SSSR count). The van der Waals surface area contributed by atoms with E-state index in [2.05, 4.69) is 30.7 Å². The number of amides is 3. The number of piperazine rings is 1. The molecule has 0 N–H and O–H groups in total. The number of oxazole rings is 1. The Morgan fingerprint density at radius 2 is 2.04 bits per heavy atom. The minimum absolute atomic E-state index is 0.0457. The highest BCUT2D eigenvalue weighted by Gasteiger charge is 2.46. The summed E-state index contributed by atoms with van der Waals surface area (Å²) in [5, 5.41) is 0. The zero-order chi connectivity index (χ0) is 16.8. The second kappa shape index (κ2) is 5.63. The average molecular weight is 320 g/mol. The molecule has 0 bridgehead atoms. The first-order valence-corrected chi connectivity index (χ1v) is 8.10. The van der Waals surface area contributed by atoms with Crippen molar-refractivity contribution in [2.75, 3.05) is 26.2 Å². The number of urea groups is 1. The molecule has 0 radical (unpaired) electrons. The van der Waals surface area contributed by atoms with Gasteiger partial charge in [0.1, 0.15) is 12.3 Å². The van der Waals surface area contributed by atoms with Crippen molar-refractivity contribution in [3.05, 3.63) is 17.8 Å². The first-order chi connectivity index (χ1) is 10.8. The van der Waals surface area contributed by atoms with Gasteiger partial charge in [-0.05, 0) is 6.92 Å². The van der Waals surface area contributed by atoms with Gasteiger partial charge in [-0.1, -0.05) is 20.8 Å². The van der Waals surface area contributed by atoms with Crippen LogP contribution in [0.3, 0.4) is 0 Å². The lowest BCUT2D eigenvalue weighted by molar-refractivity contribution is -0.129. The highest BCUT2D eigenvalue weighted by Crippen LogP contribution is 2.24. The molecule has 7 heteroatoms. The average Bonchev–Trinajstić information content (AvgIpc) is 3.04. The van der Waals surface area contributed by atoms with Gasteiger partial charge in [0.25, 0.3) is 5.91 Å². The number of rotatable bonds is 3. The van der Waals surface area contributed by atoms with E-state index in [1.54, 1.807) is 11.2 Å². The molecule has 1 aromatic heterocycles. The lowest BCUT2D eigenvalue weighted by Gasteiger charge is -2.34. The lowest BCUT2D eigenvalue weighted by Crippen LogP contribution is -2.52. The number of carbonyl (C=O) groups excluding carboxylic acids is 2. The topological polar surface area (TPSA) is 69.9 Å². The Labute approximate surface area is 136 Å². The van der Waals surface area contributed by atoms with E-state index in [1.165, 1.54) is 4.90 Å². The standard InChI is InChI=1S/C16H24N4O3/c1-5-19-14(21)11-8-18(6-7-20(11)15(19)22)9-13-17-12(10-23-13)16(2,3)4/h10-11H,5-9H2,1-4H3. The summed E-state index contributed by atoms with van der Waals surface area (Å²) >= 11 is 0. The van der Waals surface area contributed by atoms with Crippen LogP contribution in [0.25, 0.3) is 0 Å². The molecular formula is C16H24N4O3. The molecule has 2 aliphatic rings. The van der Waals surface area contributed by atoms with Crippen LogP contribution < -0.4 is 0 Å². The zero-order valence-corrected chi connectivity index (χ0v) is 14.2. The number of hydrogen-bond acceptors (Lipinski definition) is 5. The van der Waals surface area contributed by atoms with Crippen molar-refractivity contribution >= 4 is 11.9 Å². The third kappa shape index (κ3) is 2.85. The smallest absolute Gasteiger partial charge is 0.327 e.